The van der Waals surface area contributed by atoms with E-state index in [0.29, 0.717) is 19.0 Å². The van der Waals surface area contributed by atoms with E-state index in [9.17, 15) is 8.42 Å². The van der Waals surface area contributed by atoms with Gasteiger partial charge < -0.3 is 14.0 Å². The molecular weight excluding hydrogens is 378 g/mol. The molecule has 0 amide bonds. The summed E-state index contributed by atoms with van der Waals surface area (Å²) in [6.07, 6.45) is 2.73. The molecule has 1 aromatic carbocycles. The van der Waals surface area contributed by atoms with E-state index in [0.717, 1.165) is 30.8 Å². The maximum absolute atomic E-state index is 13.1. The van der Waals surface area contributed by atoms with Crippen LogP contribution in [0.25, 0.3) is 0 Å². The number of hydrogen-bond donors (Lipinski definition) is 1. The molecule has 3 rings (SSSR count). The summed E-state index contributed by atoms with van der Waals surface area (Å²) >= 11 is 0. The van der Waals surface area contributed by atoms with Crippen LogP contribution in [-0.2, 0) is 28.2 Å². The average molecular weight is 408 g/mol. The summed E-state index contributed by atoms with van der Waals surface area (Å²) in [5.41, 5.74) is 2.02. The molecule has 2 heterocycles. The van der Waals surface area contributed by atoms with E-state index < -0.39 is 10.0 Å². The first-order chi connectivity index (χ1) is 13.5. The van der Waals surface area contributed by atoms with Crippen LogP contribution in [0.4, 0.5) is 0 Å². The van der Waals surface area contributed by atoms with Crippen LogP contribution in [0.1, 0.15) is 24.2 Å². The monoisotopic (exact) mass is 407 g/mol. The predicted molar refractivity (Wildman–Crippen MR) is 108 cm³/mol. The lowest BCUT2D eigenvalue weighted by molar-refractivity contribution is 0.0158. The molecule has 8 heteroatoms. The summed E-state index contributed by atoms with van der Waals surface area (Å²) in [5.74, 6) is 0.353. The van der Waals surface area contributed by atoms with Crippen LogP contribution in [-0.4, -0.2) is 57.8 Å². The third-order valence-electron chi connectivity index (χ3n) is 5.20. The van der Waals surface area contributed by atoms with Crippen LogP contribution in [0.15, 0.2) is 41.4 Å². The highest BCUT2D eigenvalue weighted by molar-refractivity contribution is 7.89. The quantitative estimate of drug-likeness (QED) is 0.724. The van der Waals surface area contributed by atoms with Crippen molar-refractivity contribution < 1.29 is 17.9 Å². The molecule has 1 N–H and O–H groups in total. The maximum Gasteiger partial charge on any atom is 0.244 e. The summed E-state index contributed by atoms with van der Waals surface area (Å²) in [7, 11) is -0.252. The molecule has 1 atom stereocenters. The molecule has 1 saturated heterocycles. The zero-order valence-corrected chi connectivity index (χ0v) is 17.5. The fourth-order valence-corrected chi connectivity index (χ4v) is 4.80. The van der Waals surface area contributed by atoms with E-state index >= 15 is 0 Å². The van der Waals surface area contributed by atoms with Gasteiger partial charge in [0, 0.05) is 38.6 Å². The van der Waals surface area contributed by atoms with E-state index in [1.165, 1.54) is 7.11 Å². The Labute approximate surface area is 167 Å². The summed E-state index contributed by atoms with van der Waals surface area (Å²) in [6, 6.07) is 9.23. The second kappa shape index (κ2) is 9.09. The second-order valence-corrected chi connectivity index (χ2v) is 8.63. The fourth-order valence-electron chi connectivity index (χ4n) is 3.55. The van der Waals surface area contributed by atoms with Gasteiger partial charge in [0.1, 0.15) is 10.6 Å². The first-order valence-corrected chi connectivity index (χ1v) is 11.0. The summed E-state index contributed by atoms with van der Waals surface area (Å²) < 4.78 is 41.8. The minimum Gasteiger partial charge on any atom is -0.495 e. The van der Waals surface area contributed by atoms with Gasteiger partial charge in [-0.25, -0.2) is 13.1 Å². The fraction of sp³-hybridized carbons (Fsp3) is 0.500. The molecular formula is C20H29N3O4S. The Morgan fingerprint density at radius 2 is 2.00 bits per heavy atom. The number of rotatable bonds is 8. The van der Waals surface area contributed by atoms with Crippen molar-refractivity contribution in [2.24, 2.45) is 7.05 Å². The van der Waals surface area contributed by atoms with Gasteiger partial charge in [-0.05, 0) is 36.2 Å². The number of hydrogen-bond acceptors (Lipinski definition) is 5. The molecule has 1 aliphatic heterocycles. The van der Waals surface area contributed by atoms with Gasteiger partial charge in [-0.1, -0.05) is 13.0 Å². The molecule has 154 valence electrons. The smallest absolute Gasteiger partial charge is 0.244 e. The number of aromatic nitrogens is 1. The van der Waals surface area contributed by atoms with Crippen LogP contribution >= 0.6 is 0 Å². The number of morpholine rings is 1. The van der Waals surface area contributed by atoms with Gasteiger partial charge in [-0.15, -0.1) is 0 Å². The standard InChI is InChI=1S/C20H29N3O4S/c1-4-16-7-8-19(26-3)20(14-16)28(24,25)21-15-18(17-6-5-9-22(17)2)23-10-12-27-13-11-23/h5-9,14,18,21H,4,10-13,15H2,1-3H3/t18-/m1/s1. The molecule has 7 nitrogen and oxygen atoms in total. The third kappa shape index (κ3) is 4.57. The van der Waals surface area contributed by atoms with Crippen LogP contribution in [0.3, 0.4) is 0 Å². The van der Waals surface area contributed by atoms with Crippen molar-refractivity contribution in [3.8, 4) is 5.75 Å². The second-order valence-electron chi connectivity index (χ2n) is 6.90. The van der Waals surface area contributed by atoms with Crippen molar-refractivity contribution in [2.45, 2.75) is 24.3 Å². The van der Waals surface area contributed by atoms with Crippen LogP contribution in [0.5, 0.6) is 5.75 Å². The molecule has 0 unspecified atom stereocenters. The molecule has 1 fully saturated rings. The number of aryl methyl sites for hydroxylation is 2. The van der Waals surface area contributed by atoms with Gasteiger partial charge in [0.25, 0.3) is 0 Å². The van der Waals surface area contributed by atoms with Gasteiger partial charge in [0.2, 0.25) is 10.0 Å². The zero-order chi connectivity index (χ0) is 20.1. The highest BCUT2D eigenvalue weighted by Crippen LogP contribution is 2.27. The van der Waals surface area contributed by atoms with E-state index in [-0.39, 0.29) is 17.5 Å². The van der Waals surface area contributed by atoms with Gasteiger partial charge in [0.05, 0.1) is 26.4 Å². The van der Waals surface area contributed by atoms with Crippen molar-refractivity contribution in [3.63, 3.8) is 0 Å². The van der Waals surface area contributed by atoms with Crippen LogP contribution < -0.4 is 9.46 Å². The average Bonchev–Trinajstić information content (AvgIpc) is 3.14. The van der Waals surface area contributed by atoms with Gasteiger partial charge >= 0.3 is 0 Å². The van der Waals surface area contributed by atoms with Crippen molar-refractivity contribution >= 4 is 10.0 Å². The Bertz CT molecular complexity index is 889. The lowest BCUT2D eigenvalue weighted by atomic mass is 10.1. The predicted octanol–water partition coefficient (Wildman–Crippen LogP) is 1.95. The van der Waals surface area contributed by atoms with Gasteiger partial charge in [-0.3, -0.25) is 4.90 Å². The van der Waals surface area contributed by atoms with E-state index in [1.807, 2.05) is 42.9 Å². The third-order valence-corrected chi connectivity index (χ3v) is 6.65. The Morgan fingerprint density at radius 1 is 1.25 bits per heavy atom. The Kier molecular flexibility index (Phi) is 6.77. The number of benzene rings is 1. The van der Waals surface area contributed by atoms with Gasteiger partial charge in [-0.2, -0.15) is 0 Å². The number of nitrogens with one attached hydrogen (secondary N) is 1. The Morgan fingerprint density at radius 3 is 2.61 bits per heavy atom. The van der Waals surface area contributed by atoms with Crippen molar-refractivity contribution in [1.29, 1.82) is 0 Å². The molecule has 0 aliphatic carbocycles. The van der Waals surface area contributed by atoms with Gasteiger partial charge in [0.15, 0.2) is 0 Å². The highest BCUT2D eigenvalue weighted by atomic mass is 32.2. The molecule has 2 aromatic rings. The maximum atomic E-state index is 13.1. The van der Waals surface area contributed by atoms with E-state index in [4.69, 9.17) is 9.47 Å². The first-order valence-electron chi connectivity index (χ1n) is 9.56. The Hall–Kier alpha value is -1.87. The van der Waals surface area contributed by atoms with E-state index in [2.05, 4.69) is 9.62 Å². The Balaban J connectivity index is 1.85. The van der Waals surface area contributed by atoms with Crippen molar-refractivity contribution in [1.82, 2.24) is 14.2 Å². The molecule has 0 radical (unpaired) electrons. The minimum absolute atomic E-state index is 0.0703. The highest BCUT2D eigenvalue weighted by Gasteiger charge is 2.27. The minimum atomic E-state index is -3.72. The summed E-state index contributed by atoms with van der Waals surface area (Å²) in [4.78, 5) is 2.45. The summed E-state index contributed by atoms with van der Waals surface area (Å²) in [6.45, 7) is 5.12. The number of sulfonamides is 1. The van der Waals surface area contributed by atoms with Crippen LogP contribution in [0, 0.1) is 0 Å². The summed E-state index contributed by atoms with van der Waals surface area (Å²) in [5, 5.41) is 0. The lowest BCUT2D eigenvalue weighted by Crippen LogP contribution is -2.44. The SMILES string of the molecule is CCc1ccc(OC)c(S(=O)(=O)NC[C@H](c2cccn2C)N2CCOCC2)c1. The molecule has 0 bridgehead atoms. The first kappa shape index (κ1) is 20.9. The number of methoxy groups -OCH3 is 1. The number of nitrogens with zero attached hydrogens (tertiary/aromatic N) is 2. The lowest BCUT2D eigenvalue weighted by Gasteiger charge is -2.35. The largest absolute Gasteiger partial charge is 0.495 e. The van der Waals surface area contributed by atoms with Crippen molar-refractivity contribution in [2.75, 3.05) is 40.0 Å². The zero-order valence-electron chi connectivity index (χ0n) is 16.7. The number of ether oxygens (including phenoxy) is 2. The topological polar surface area (TPSA) is 72.8 Å². The normalized spacial score (nSPS) is 16.8. The molecule has 1 aromatic heterocycles. The molecule has 1 aliphatic rings. The molecule has 28 heavy (non-hydrogen) atoms. The van der Waals surface area contributed by atoms with E-state index in [1.54, 1.807) is 12.1 Å². The van der Waals surface area contributed by atoms with Crippen molar-refractivity contribution in [3.05, 3.63) is 47.8 Å². The molecule has 0 saturated carbocycles. The van der Waals surface area contributed by atoms with Crippen LogP contribution in [0.2, 0.25) is 0 Å². The molecule has 0 spiro atoms.